The lowest BCUT2D eigenvalue weighted by molar-refractivity contribution is -0.155. The van der Waals surface area contributed by atoms with Crippen molar-refractivity contribution >= 4 is 5.97 Å². The normalized spacial score (nSPS) is 11.7. The minimum atomic E-state index is -0.611. The molecule has 0 saturated heterocycles. The van der Waals surface area contributed by atoms with E-state index in [1.54, 1.807) is 0 Å². The maximum absolute atomic E-state index is 11.9. The van der Waals surface area contributed by atoms with Crippen LogP contribution in [0.2, 0.25) is 0 Å². The van der Waals surface area contributed by atoms with Gasteiger partial charge in [0, 0.05) is 6.54 Å². The smallest absolute Gasteiger partial charge is 0.325 e. The summed E-state index contributed by atoms with van der Waals surface area (Å²) in [5.41, 5.74) is 1.82. The highest BCUT2D eigenvalue weighted by Gasteiger charge is 2.33. The van der Waals surface area contributed by atoms with Crippen molar-refractivity contribution in [3.8, 4) is 0 Å². The van der Waals surface area contributed by atoms with Crippen molar-refractivity contribution in [1.29, 1.82) is 0 Å². The number of esters is 1. The predicted molar refractivity (Wildman–Crippen MR) is 73.4 cm³/mol. The number of aryl methyl sites for hydroxylation is 1. The largest absolute Gasteiger partial charge is 0.465 e. The Bertz CT molecular complexity index is 413. The molecule has 0 saturated carbocycles. The van der Waals surface area contributed by atoms with Gasteiger partial charge in [-0.25, -0.2) is 0 Å². The molecule has 0 spiro atoms. The molecule has 0 bridgehead atoms. The molecule has 0 radical (unpaired) electrons. The monoisotopic (exact) mass is 249 g/mol. The summed E-state index contributed by atoms with van der Waals surface area (Å²) in [6, 6.07) is 8.32. The highest BCUT2D eigenvalue weighted by atomic mass is 16.5. The average molecular weight is 249 g/mol. The summed E-state index contributed by atoms with van der Waals surface area (Å²) in [6.45, 7) is 8.82. The molecule has 0 atom stereocenters. The Morgan fingerprint density at radius 3 is 2.61 bits per heavy atom. The molecular weight excluding hydrogens is 226 g/mol. The van der Waals surface area contributed by atoms with E-state index < -0.39 is 5.54 Å². The van der Waals surface area contributed by atoms with Crippen LogP contribution >= 0.6 is 0 Å². The van der Waals surface area contributed by atoms with Crippen LogP contribution in [0.25, 0.3) is 0 Å². The molecule has 0 unspecified atom stereocenters. The molecule has 1 rings (SSSR count). The quantitative estimate of drug-likeness (QED) is 0.751. The minimum absolute atomic E-state index is 0.180. The van der Waals surface area contributed by atoms with Gasteiger partial charge in [0.15, 0.2) is 0 Å². The van der Waals surface area contributed by atoms with Gasteiger partial charge in [0.2, 0.25) is 0 Å². The minimum Gasteiger partial charge on any atom is -0.465 e. The van der Waals surface area contributed by atoms with Gasteiger partial charge in [-0.15, -0.1) is 0 Å². The zero-order chi connectivity index (χ0) is 13.8. The molecule has 3 heteroatoms. The van der Waals surface area contributed by atoms with E-state index in [1.165, 1.54) is 11.1 Å². The summed E-state index contributed by atoms with van der Waals surface area (Å²) in [4.78, 5) is 13.9. The van der Waals surface area contributed by atoms with Crippen LogP contribution in [0, 0.1) is 6.92 Å². The van der Waals surface area contributed by atoms with E-state index in [0.717, 1.165) is 6.54 Å². The Morgan fingerprint density at radius 2 is 2.06 bits per heavy atom. The lowest BCUT2D eigenvalue weighted by Crippen LogP contribution is -2.48. The Morgan fingerprint density at radius 1 is 1.39 bits per heavy atom. The molecule has 0 heterocycles. The number of benzene rings is 1. The number of likely N-dealkylation sites (N-methyl/N-ethyl adjacent to an activating group) is 1. The van der Waals surface area contributed by atoms with Gasteiger partial charge >= 0.3 is 5.97 Å². The third-order valence-electron chi connectivity index (χ3n) is 3.23. The van der Waals surface area contributed by atoms with Gasteiger partial charge in [-0.3, -0.25) is 9.69 Å². The summed E-state index contributed by atoms with van der Waals surface area (Å²) in [5.74, 6) is -0.180. The third-order valence-corrected chi connectivity index (χ3v) is 3.23. The van der Waals surface area contributed by atoms with Crippen LogP contribution in [0.4, 0.5) is 0 Å². The first-order chi connectivity index (χ1) is 8.37. The number of hydrogen-bond acceptors (Lipinski definition) is 3. The van der Waals surface area contributed by atoms with Crippen molar-refractivity contribution in [3.63, 3.8) is 0 Å². The first kappa shape index (κ1) is 14.7. The van der Waals surface area contributed by atoms with Gasteiger partial charge in [0.05, 0.1) is 6.61 Å². The van der Waals surface area contributed by atoms with Gasteiger partial charge in [-0.05, 0) is 40.3 Å². The summed E-state index contributed by atoms with van der Waals surface area (Å²) in [6.07, 6.45) is 0. The number of carbonyl (C=O) groups is 1. The Hall–Kier alpha value is -1.35. The zero-order valence-electron chi connectivity index (χ0n) is 12.0. The second-order valence-electron chi connectivity index (χ2n) is 5.12. The second kappa shape index (κ2) is 6.01. The van der Waals surface area contributed by atoms with Crippen molar-refractivity contribution in [2.24, 2.45) is 0 Å². The van der Waals surface area contributed by atoms with Crippen molar-refractivity contribution in [2.45, 2.75) is 39.8 Å². The lowest BCUT2D eigenvalue weighted by atomic mass is 10.0. The zero-order valence-corrected chi connectivity index (χ0v) is 12.0. The van der Waals surface area contributed by atoms with Gasteiger partial charge in [0.1, 0.15) is 5.54 Å². The van der Waals surface area contributed by atoms with Crippen LogP contribution in [-0.2, 0) is 16.1 Å². The van der Waals surface area contributed by atoms with E-state index in [1.807, 2.05) is 38.8 Å². The van der Waals surface area contributed by atoms with Gasteiger partial charge in [-0.1, -0.05) is 29.8 Å². The van der Waals surface area contributed by atoms with E-state index in [-0.39, 0.29) is 5.97 Å². The predicted octanol–water partition coefficient (Wildman–Crippen LogP) is 2.77. The van der Waals surface area contributed by atoms with Crippen LogP contribution in [0.1, 0.15) is 31.9 Å². The fourth-order valence-electron chi connectivity index (χ4n) is 1.75. The van der Waals surface area contributed by atoms with E-state index >= 15 is 0 Å². The standard InChI is InChI=1S/C15H23NO2/c1-6-18-14(17)15(3,4)16(5)11-13-9-7-8-12(2)10-13/h7-10H,6,11H2,1-5H3. The van der Waals surface area contributed by atoms with Gasteiger partial charge < -0.3 is 4.74 Å². The van der Waals surface area contributed by atoms with Crippen LogP contribution in [-0.4, -0.2) is 30.1 Å². The van der Waals surface area contributed by atoms with E-state index in [9.17, 15) is 4.79 Å². The summed E-state index contributed by atoms with van der Waals surface area (Å²) >= 11 is 0. The van der Waals surface area contributed by atoms with Crippen molar-refractivity contribution < 1.29 is 9.53 Å². The summed E-state index contributed by atoms with van der Waals surface area (Å²) in [7, 11) is 1.94. The summed E-state index contributed by atoms with van der Waals surface area (Å²) in [5, 5.41) is 0. The van der Waals surface area contributed by atoms with E-state index in [0.29, 0.717) is 6.61 Å². The molecule has 100 valence electrons. The molecule has 0 aromatic heterocycles. The molecule has 1 aromatic rings. The first-order valence-corrected chi connectivity index (χ1v) is 6.32. The number of hydrogen-bond donors (Lipinski definition) is 0. The molecule has 0 N–H and O–H groups in total. The molecule has 18 heavy (non-hydrogen) atoms. The maximum Gasteiger partial charge on any atom is 0.325 e. The van der Waals surface area contributed by atoms with Crippen LogP contribution < -0.4 is 0 Å². The third kappa shape index (κ3) is 3.57. The highest BCUT2D eigenvalue weighted by Crippen LogP contribution is 2.18. The molecule has 0 fully saturated rings. The van der Waals surface area contributed by atoms with Crippen LogP contribution in [0.15, 0.2) is 24.3 Å². The van der Waals surface area contributed by atoms with Gasteiger partial charge in [-0.2, -0.15) is 0 Å². The Kier molecular flexibility index (Phi) is 4.91. The van der Waals surface area contributed by atoms with Crippen molar-refractivity contribution in [3.05, 3.63) is 35.4 Å². The fourth-order valence-corrected chi connectivity index (χ4v) is 1.75. The fraction of sp³-hybridized carbons (Fsp3) is 0.533. The second-order valence-corrected chi connectivity index (χ2v) is 5.12. The SMILES string of the molecule is CCOC(=O)C(C)(C)N(C)Cc1cccc(C)c1. The Balaban J connectivity index is 2.75. The highest BCUT2D eigenvalue weighted by molar-refractivity contribution is 5.79. The van der Waals surface area contributed by atoms with Gasteiger partial charge in [0.25, 0.3) is 0 Å². The maximum atomic E-state index is 11.9. The molecule has 0 aliphatic rings. The lowest BCUT2D eigenvalue weighted by Gasteiger charge is -2.33. The Labute approximate surface area is 110 Å². The van der Waals surface area contributed by atoms with Crippen LogP contribution in [0.3, 0.4) is 0 Å². The average Bonchev–Trinajstić information content (AvgIpc) is 2.29. The molecular formula is C15H23NO2. The van der Waals surface area contributed by atoms with Crippen molar-refractivity contribution in [1.82, 2.24) is 4.90 Å². The van der Waals surface area contributed by atoms with Crippen LogP contribution in [0.5, 0.6) is 0 Å². The molecule has 0 aliphatic heterocycles. The summed E-state index contributed by atoms with van der Waals surface area (Å²) < 4.78 is 5.11. The number of rotatable bonds is 5. The molecule has 3 nitrogen and oxygen atoms in total. The number of nitrogens with zero attached hydrogens (tertiary/aromatic N) is 1. The van der Waals surface area contributed by atoms with Crippen molar-refractivity contribution in [2.75, 3.05) is 13.7 Å². The van der Waals surface area contributed by atoms with E-state index in [4.69, 9.17) is 4.74 Å². The molecule has 0 amide bonds. The molecule has 1 aromatic carbocycles. The molecule has 0 aliphatic carbocycles. The number of carbonyl (C=O) groups excluding carboxylic acids is 1. The topological polar surface area (TPSA) is 29.5 Å². The first-order valence-electron chi connectivity index (χ1n) is 6.32. The van der Waals surface area contributed by atoms with E-state index in [2.05, 4.69) is 25.1 Å². The number of ether oxygens (including phenoxy) is 1.